The zero-order valence-electron chi connectivity index (χ0n) is 9.61. The molecule has 74 valence electrons. The molecule has 0 spiro atoms. The maximum Gasteiger partial charge on any atom is -0.0354 e. The molecular formula is C12H26. The van der Waals surface area contributed by atoms with Crippen LogP contribution in [0.2, 0.25) is 0 Å². The largest absolute Gasteiger partial charge is 0.0683 e. The summed E-state index contributed by atoms with van der Waals surface area (Å²) < 4.78 is 0. The molecule has 0 aromatic rings. The SMILES string of the molecule is CC.CCC1CCC(C)(C)CC1. The summed E-state index contributed by atoms with van der Waals surface area (Å²) in [6.07, 6.45) is 7.25. The van der Waals surface area contributed by atoms with Crippen LogP contribution < -0.4 is 0 Å². The highest BCUT2D eigenvalue weighted by atomic mass is 14.3. The van der Waals surface area contributed by atoms with Gasteiger partial charge in [0.2, 0.25) is 0 Å². The Balaban J connectivity index is 0.000000561. The fourth-order valence-electron chi connectivity index (χ4n) is 1.87. The van der Waals surface area contributed by atoms with Crippen molar-refractivity contribution in [1.82, 2.24) is 0 Å². The van der Waals surface area contributed by atoms with Crippen LogP contribution in [-0.4, -0.2) is 0 Å². The highest BCUT2D eigenvalue weighted by molar-refractivity contribution is 4.77. The van der Waals surface area contributed by atoms with Crippen molar-refractivity contribution in [3.8, 4) is 0 Å². The van der Waals surface area contributed by atoms with Crippen LogP contribution in [-0.2, 0) is 0 Å². The van der Waals surface area contributed by atoms with E-state index in [9.17, 15) is 0 Å². The lowest BCUT2D eigenvalue weighted by Crippen LogP contribution is -2.20. The molecule has 0 radical (unpaired) electrons. The molecule has 0 amide bonds. The van der Waals surface area contributed by atoms with E-state index in [4.69, 9.17) is 0 Å². The van der Waals surface area contributed by atoms with E-state index >= 15 is 0 Å². The Labute approximate surface area is 78.8 Å². The summed E-state index contributed by atoms with van der Waals surface area (Å²) in [6, 6.07) is 0. The minimum atomic E-state index is 0.658. The van der Waals surface area contributed by atoms with Crippen LogP contribution >= 0.6 is 0 Å². The Morgan fingerprint density at radius 2 is 1.50 bits per heavy atom. The Morgan fingerprint density at radius 3 is 1.83 bits per heavy atom. The molecule has 1 aliphatic carbocycles. The average Bonchev–Trinajstić information content (AvgIpc) is 2.08. The summed E-state index contributed by atoms with van der Waals surface area (Å²) in [6.45, 7) is 11.1. The standard InChI is InChI=1S/C10H20.C2H6/c1-4-9-5-7-10(2,3)8-6-9;1-2/h9H,4-8H2,1-3H3;1-2H3. The van der Waals surface area contributed by atoms with Gasteiger partial charge in [0.05, 0.1) is 0 Å². The summed E-state index contributed by atoms with van der Waals surface area (Å²) >= 11 is 0. The first kappa shape index (κ1) is 12.0. The molecule has 0 unspecified atom stereocenters. The maximum absolute atomic E-state index is 2.40. The van der Waals surface area contributed by atoms with Crippen molar-refractivity contribution in [3.63, 3.8) is 0 Å². The van der Waals surface area contributed by atoms with Gasteiger partial charge in [-0.3, -0.25) is 0 Å². The minimum absolute atomic E-state index is 0.658. The van der Waals surface area contributed by atoms with Crippen molar-refractivity contribution in [3.05, 3.63) is 0 Å². The van der Waals surface area contributed by atoms with Gasteiger partial charge in [0.15, 0.2) is 0 Å². The fourth-order valence-corrected chi connectivity index (χ4v) is 1.87. The van der Waals surface area contributed by atoms with Gasteiger partial charge in [-0.15, -0.1) is 0 Å². The molecule has 0 saturated heterocycles. The van der Waals surface area contributed by atoms with Crippen molar-refractivity contribution < 1.29 is 0 Å². The van der Waals surface area contributed by atoms with E-state index in [1.54, 1.807) is 0 Å². The number of hydrogen-bond acceptors (Lipinski definition) is 0. The van der Waals surface area contributed by atoms with E-state index < -0.39 is 0 Å². The molecule has 0 heteroatoms. The normalized spacial score (nSPS) is 22.8. The van der Waals surface area contributed by atoms with Gasteiger partial charge in [-0.25, -0.2) is 0 Å². The third-order valence-corrected chi connectivity index (χ3v) is 3.04. The molecule has 0 aromatic heterocycles. The van der Waals surface area contributed by atoms with E-state index in [0.29, 0.717) is 5.41 Å². The average molecular weight is 170 g/mol. The third kappa shape index (κ3) is 4.13. The monoisotopic (exact) mass is 170 g/mol. The van der Waals surface area contributed by atoms with Crippen LogP contribution in [0.5, 0.6) is 0 Å². The quantitative estimate of drug-likeness (QED) is 0.538. The Morgan fingerprint density at radius 1 is 1.08 bits per heavy atom. The number of hydrogen-bond donors (Lipinski definition) is 0. The zero-order chi connectivity index (χ0) is 9.61. The Bertz CT molecular complexity index is 92.6. The summed E-state index contributed by atoms with van der Waals surface area (Å²) in [5.41, 5.74) is 0.658. The predicted octanol–water partition coefficient (Wildman–Crippen LogP) is 4.64. The molecule has 0 N–H and O–H groups in total. The first-order valence-corrected chi connectivity index (χ1v) is 5.64. The molecule has 0 aliphatic heterocycles. The van der Waals surface area contributed by atoms with Gasteiger partial charge in [0.25, 0.3) is 0 Å². The second-order valence-electron chi connectivity index (χ2n) is 4.52. The van der Waals surface area contributed by atoms with Crippen LogP contribution in [0.15, 0.2) is 0 Å². The lowest BCUT2D eigenvalue weighted by atomic mass is 9.72. The van der Waals surface area contributed by atoms with E-state index in [1.165, 1.54) is 32.1 Å². The van der Waals surface area contributed by atoms with Gasteiger partial charge < -0.3 is 0 Å². The highest BCUT2D eigenvalue weighted by Crippen LogP contribution is 2.38. The van der Waals surface area contributed by atoms with Crippen LogP contribution in [0, 0.1) is 11.3 Å². The second kappa shape index (κ2) is 5.61. The van der Waals surface area contributed by atoms with Crippen LogP contribution in [0.1, 0.15) is 66.7 Å². The van der Waals surface area contributed by atoms with E-state index in [-0.39, 0.29) is 0 Å². The van der Waals surface area contributed by atoms with Gasteiger partial charge in [-0.2, -0.15) is 0 Å². The lowest BCUT2D eigenvalue weighted by Gasteiger charge is -2.33. The van der Waals surface area contributed by atoms with Crippen molar-refractivity contribution in [1.29, 1.82) is 0 Å². The van der Waals surface area contributed by atoms with Crippen molar-refractivity contribution >= 4 is 0 Å². The molecule has 1 aliphatic rings. The molecule has 0 heterocycles. The molecule has 1 fully saturated rings. The van der Waals surface area contributed by atoms with Crippen molar-refractivity contribution in [2.45, 2.75) is 66.7 Å². The second-order valence-corrected chi connectivity index (χ2v) is 4.52. The summed E-state index contributed by atoms with van der Waals surface area (Å²) in [5, 5.41) is 0. The first-order chi connectivity index (χ1) is 5.64. The fraction of sp³-hybridized carbons (Fsp3) is 1.00. The smallest absolute Gasteiger partial charge is 0.0354 e. The lowest BCUT2D eigenvalue weighted by molar-refractivity contribution is 0.188. The first-order valence-electron chi connectivity index (χ1n) is 5.64. The van der Waals surface area contributed by atoms with E-state index in [2.05, 4.69) is 20.8 Å². The van der Waals surface area contributed by atoms with E-state index in [0.717, 1.165) is 5.92 Å². The highest BCUT2D eigenvalue weighted by Gasteiger charge is 2.25. The predicted molar refractivity (Wildman–Crippen MR) is 57.4 cm³/mol. The van der Waals surface area contributed by atoms with Crippen molar-refractivity contribution in [2.75, 3.05) is 0 Å². The van der Waals surface area contributed by atoms with Crippen LogP contribution in [0.25, 0.3) is 0 Å². The van der Waals surface area contributed by atoms with Gasteiger partial charge in [-0.1, -0.05) is 41.0 Å². The molecule has 0 aromatic carbocycles. The molecule has 0 atom stereocenters. The summed E-state index contributed by atoms with van der Waals surface area (Å²) in [5.74, 6) is 1.05. The Kier molecular flexibility index (Phi) is 5.61. The van der Waals surface area contributed by atoms with Crippen molar-refractivity contribution in [2.24, 2.45) is 11.3 Å². The third-order valence-electron chi connectivity index (χ3n) is 3.04. The van der Waals surface area contributed by atoms with Crippen LogP contribution in [0.3, 0.4) is 0 Å². The van der Waals surface area contributed by atoms with Gasteiger partial charge in [-0.05, 0) is 37.0 Å². The van der Waals surface area contributed by atoms with Gasteiger partial charge in [0, 0.05) is 0 Å². The van der Waals surface area contributed by atoms with Crippen LogP contribution in [0.4, 0.5) is 0 Å². The molecular weight excluding hydrogens is 144 g/mol. The summed E-state index contributed by atoms with van der Waals surface area (Å²) in [4.78, 5) is 0. The molecule has 1 saturated carbocycles. The van der Waals surface area contributed by atoms with E-state index in [1.807, 2.05) is 13.8 Å². The minimum Gasteiger partial charge on any atom is -0.0683 e. The zero-order valence-corrected chi connectivity index (χ0v) is 9.61. The molecule has 1 rings (SSSR count). The molecule has 0 nitrogen and oxygen atoms in total. The topological polar surface area (TPSA) is 0 Å². The van der Waals surface area contributed by atoms with Gasteiger partial charge >= 0.3 is 0 Å². The molecule has 12 heavy (non-hydrogen) atoms. The Hall–Kier alpha value is 0. The van der Waals surface area contributed by atoms with Gasteiger partial charge in [0.1, 0.15) is 0 Å². The molecule has 0 bridgehead atoms. The maximum atomic E-state index is 2.40. The summed E-state index contributed by atoms with van der Waals surface area (Å²) in [7, 11) is 0. The number of rotatable bonds is 1.